The summed E-state index contributed by atoms with van der Waals surface area (Å²) >= 11 is 0. The molecule has 0 saturated carbocycles. The van der Waals surface area contributed by atoms with Crippen molar-refractivity contribution in [2.24, 2.45) is 5.73 Å². The number of nitrogens with zero attached hydrogens (tertiary/aromatic N) is 1. The van der Waals surface area contributed by atoms with Crippen molar-refractivity contribution in [2.45, 2.75) is 32.7 Å². The molecule has 70 valence electrons. The van der Waals surface area contributed by atoms with Gasteiger partial charge < -0.3 is 5.73 Å². The van der Waals surface area contributed by atoms with Crippen molar-refractivity contribution >= 4 is 0 Å². The zero-order chi connectivity index (χ0) is 8.97. The highest BCUT2D eigenvalue weighted by molar-refractivity contribution is 5.04. The zero-order valence-corrected chi connectivity index (χ0v) is 8.21. The van der Waals surface area contributed by atoms with Gasteiger partial charge in [-0.05, 0) is 33.2 Å². The molecule has 0 fully saturated rings. The van der Waals surface area contributed by atoms with Crippen LogP contribution in [0.5, 0.6) is 0 Å². The lowest BCUT2D eigenvalue weighted by Gasteiger charge is -2.26. The summed E-state index contributed by atoms with van der Waals surface area (Å²) in [6.45, 7) is 7.80. The Balaban J connectivity index is 2.21. The molecule has 1 aliphatic rings. The van der Waals surface area contributed by atoms with Crippen LogP contribution in [0.4, 0.5) is 0 Å². The summed E-state index contributed by atoms with van der Waals surface area (Å²) in [4.78, 5) is 2.48. The molecule has 0 spiro atoms. The molecule has 1 unspecified atom stereocenters. The van der Waals surface area contributed by atoms with Crippen LogP contribution in [0.25, 0.3) is 0 Å². The average molecular weight is 168 g/mol. The van der Waals surface area contributed by atoms with Crippen molar-refractivity contribution in [1.82, 2.24) is 4.90 Å². The second-order valence-corrected chi connectivity index (χ2v) is 3.88. The molecule has 1 atom stereocenters. The van der Waals surface area contributed by atoms with Crippen molar-refractivity contribution < 1.29 is 0 Å². The topological polar surface area (TPSA) is 29.3 Å². The quantitative estimate of drug-likeness (QED) is 0.645. The lowest BCUT2D eigenvalue weighted by molar-refractivity contribution is 0.280. The van der Waals surface area contributed by atoms with E-state index in [1.807, 2.05) is 0 Å². The number of hydrogen-bond acceptors (Lipinski definition) is 2. The molecule has 0 amide bonds. The van der Waals surface area contributed by atoms with E-state index in [9.17, 15) is 0 Å². The Morgan fingerprint density at radius 1 is 1.67 bits per heavy atom. The van der Waals surface area contributed by atoms with E-state index in [1.54, 1.807) is 0 Å². The molecule has 0 aromatic rings. The summed E-state index contributed by atoms with van der Waals surface area (Å²) in [5.74, 6) is 0. The van der Waals surface area contributed by atoms with Gasteiger partial charge in [0.25, 0.3) is 0 Å². The smallest absolute Gasteiger partial charge is 0.0190 e. The van der Waals surface area contributed by atoms with Crippen LogP contribution in [-0.4, -0.2) is 30.6 Å². The van der Waals surface area contributed by atoms with Gasteiger partial charge in [0, 0.05) is 19.1 Å². The molecule has 2 heteroatoms. The lowest BCUT2D eigenvalue weighted by atomic mass is 10.1. The molecule has 0 saturated heterocycles. The number of nitrogens with two attached hydrogens (primary N) is 1. The number of rotatable bonds is 3. The molecular weight excluding hydrogens is 148 g/mol. The van der Waals surface area contributed by atoms with Gasteiger partial charge in [-0.15, -0.1) is 0 Å². The van der Waals surface area contributed by atoms with Crippen LogP contribution in [0.15, 0.2) is 11.6 Å². The molecule has 1 rings (SSSR count). The van der Waals surface area contributed by atoms with Crippen LogP contribution in [0.2, 0.25) is 0 Å². The molecule has 0 radical (unpaired) electrons. The van der Waals surface area contributed by atoms with Gasteiger partial charge in [0.2, 0.25) is 0 Å². The highest BCUT2D eigenvalue weighted by Crippen LogP contribution is 2.08. The van der Waals surface area contributed by atoms with Gasteiger partial charge in [0.1, 0.15) is 0 Å². The first-order valence-electron chi connectivity index (χ1n) is 4.82. The van der Waals surface area contributed by atoms with Gasteiger partial charge in [0.05, 0.1) is 0 Å². The third kappa shape index (κ3) is 3.37. The Morgan fingerprint density at radius 2 is 2.42 bits per heavy atom. The largest absolute Gasteiger partial charge is 0.328 e. The minimum absolute atomic E-state index is 0.344. The van der Waals surface area contributed by atoms with Crippen molar-refractivity contribution in [3.05, 3.63) is 11.6 Å². The maximum Gasteiger partial charge on any atom is 0.0190 e. The van der Waals surface area contributed by atoms with Gasteiger partial charge in [-0.2, -0.15) is 0 Å². The minimum Gasteiger partial charge on any atom is -0.328 e. The highest BCUT2D eigenvalue weighted by Gasteiger charge is 2.09. The van der Waals surface area contributed by atoms with E-state index in [0.717, 1.165) is 19.5 Å². The monoisotopic (exact) mass is 168 g/mol. The average Bonchev–Trinajstić information content (AvgIpc) is 2.01. The predicted molar refractivity (Wildman–Crippen MR) is 53.1 cm³/mol. The fourth-order valence-corrected chi connectivity index (χ4v) is 1.57. The molecule has 1 heterocycles. The van der Waals surface area contributed by atoms with Crippen LogP contribution in [0.3, 0.4) is 0 Å². The third-order valence-electron chi connectivity index (χ3n) is 2.31. The summed E-state index contributed by atoms with van der Waals surface area (Å²) in [7, 11) is 0. The van der Waals surface area contributed by atoms with E-state index in [1.165, 1.54) is 18.5 Å². The third-order valence-corrected chi connectivity index (χ3v) is 2.31. The van der Waals surface area contributed by atoms with Gasteiger partial charge in [-0.1, -0.05) is 11.6 Å². The molecule has 0 aliphatic carbocycles. The van der Waals surface area contributed by atoms with E-state index >= 15 is 0 Å². The van der Waals surface area contributed by atoms with Crippen molar-refractivity contribution in [3.63, 3.8) is 0 Å². The van der Waals surface area contributed by atoms with Crippen molar-refractivity contribution in [3.8, 4) is 0 Å². The molecule has 0 aromatic carbocycles. The van der Waals surface area contributed by atoms with E-state index in [-0.39, 0.29) is 0 Å². The Morgan fingerprint density at radius 3 is 3.00 bits per heavy atom. The first-order chi connectivity index (χ1) is 5.68. The van der Waals surface area contributed by atoms with Crippen LogP contribution in [0, 0.1) is 0 Å². The summed E-state index contributed by atoms with van der Waals surface area (Å²) in [6, 6.07) is 0.344. The van der Waals surface area contributed by atoms with Crippen molar-refractivity contribution in [2.75, 3.05) is 19.6 Å². The Hall–Kier alpha value is -0.340. The fourth-order valence-electron chi connectivity index (χ4n) is 1.57. The zero-order valence-electron chi connectivity index (χ0n) is 8.21. The lowest BCUT2D eigenvalue weighted by Crippen LogP contribution is -2.33. The Kier molecular flexibility index (Phi) is 3.76. The summed E-state index contributed by atoms with van der Waals surface area (Å²) in [5, 5.41) is 0. The number of hydrogen-bond donors (Lipinski definition) is 1. The summed E-state index contributed by atoms with van der Waals surface area (Å²) in [6.07, 6.45) is 4.67. The van der Waals surface area contributed by atoms with E-state index in [0.29, 0.717) is 6.04 Å². The highest BCUT2D eigenvalue weighted by atomic mass is 15.1. The molecule has 0 aromatic heterocycles. The van der Waals surface area contributed by atoms with Crippen LogP contribution in [0.1, 0.15) is 26.7 Å². The molecule has 2 nitrogen and oxygen atoms in total. The maximum atomic E-state index is 5.70. The SMILES string of the molecule is CC1=CCCN(CCC(C)N)C1. The summed E-state index contributed by atoms with van der Waals surface area (Å²) < 4.78 is 0. The van der Waals surface area contributed by atoms with Crippen LogP contribution < -0.4 is 5.73 Å². The first kappa shape index (κ1) is 9.75. The minimum atomic E-state index is 0.344. The summed E-state index contributed by atoms with van der Waals surface area (Å²) in [5.41, 5.74) is 7.21. The Labute approximate surface area is 75.4 Å². The van der Waals surface area contributed by atoms with Crippen LogP contribution >= 0.6 is 0 Å². The van der Waals surface area contributed by atoms with E-state index in [2.05, 4.69) is 24.8 Å². The molecular formula is C10H20N2. The molecule has 0 bridgehead atoms. The second kappa shape index (κ2) is 4.63. The van der Waals surface area contributed by atoms with Crippen molar-refractivity contribution in [1.29, 1.82) is 0 Å². The van der Waals surface area contributed by atoms with Crippen LogP contribution in [-0.2, 0) is 0 Å². The predicted octanol–water partition coefficient (Wildman–Crippen LogP) is 1.38. The normalized spacial score (nSPS) is 22.1. The fraction of sp³-hybridized carbons (Fsp3) is 0.800. The van der Waals surface area contributed by atoms with Gasteiger partial charge in [-0.25, -0.2) is 0 Å². The van der Waals surface area contributed by atoms with Gasteiger partial charge in [-0.3, -0.25) is 4.90 Å². The molecule has 2 N–H and O–H groups in total. The van der Waals surface area contributed by atoms with E-state index < -0.39 is 0 Å². The molecule has 12 heavy (non-hydrogen) atoms. The maximum absolute atomic E-state index is 5.70. The standard InChI is InChI=1S/C10H20N2/c1-9-4-3-6-12(8-9)7-5-10(2)11/h4,10H,3,5-8,11H2,1-2H3. The Bertz CT molecular complexity index is 161. The van der Waals surface area contributed by atoms with Gasteiger partial charge in [0.15, 0.2) is 0 Å². The second-order valence-electron chi connectivity index (χ2n) is 3.88. The molecule has 1 aliphatic heterocycles. The van der Waals surface area contributed by atoms with Gasteiger partial charge >= 0.3 is 0 Å². The van der Waals surface area contributed by atoms with E-state index in [4.69, 9.17) is 5.73 Å². The first-order valence-corrected chi connectivity index (χ1v) is 4.82.